The number of hydrogen-bond acceptors (Lipinski definition) is 8. The fourth-order valence-electron chi connectivity index (χ4n) is 5.68. The van der Waals surface area contributed by atoms with Gasteiger partial charge in [-0.25, -0.2) is 14.4 Å². The Morgan fingerprint density at radius 3 is 1.84 bits per heavy atom. The second-order valence-electron chi connectivity index (χ2n) is 13.1. The van der Waals surface area contributed by atoms with Crippen LogP contribution in [0.4, 0.5) is 9.59 Å². The molecule has 0 saturated carbocycles. The Labute approximate surface area is 257 Å². The van der Waals surface area contributed by atoms with Gasteiger partial charge in [-0.2, -0.15) is 5.26 Å². The molecule has 0 spiro atoms. The molecule has 2 aromatic carbocycles. The third kappa shape index (κ3) is 7.67. The third-order valence-corrected chi connectivity index (χ3v) is 7.58. The van der Waals surface area contributed by atoms with E-state index in [0.29, 0.717) is 11.4 Å². The van der Waals surface area contributed by atoms with E-state index in [2.05, 4.69) is 31.4 Å². The summed E-state index contributed by atoms with van der Waals surface area (Å²) in [4.78, 5) is 37.6. The number of ether oxygens (including phenoxy) is 2. The molecule has 0 radical (unpaired) electrons. The average molecular weight is 604 g/mol. The molecule has 2 atom stereocenters. The Hall–Kier alpha value is -4.59. The van der Waals surface area contributed by atoms with Crippen LogP contribution in [0.5, 0.6) is 0 Å². The van der Waals surface area contributed by atoms with E-state index in [9.17, 15) is 14.4 Å². The summed E-state index contributed by atoms with van der Waals surface area (Å²) in [5, 5.41) is 18.6. The summed E-state index contributed by atoms with van der Waals surface area (Å²) < 4.78 is 15.2. The van der Waals surface area contributed by atoms with Crippen molar-refractivity contribution in [1.82, 2.24) is 20.8 Å². The van der Waals surface area contributed by atoms with Crippen LogP contribution in [0.1, 0.15) is 105 Å². The van der Waals surface area contributed by atoms with Crippen molar-refractivity contribution in [2.75, 3.05) is 0 Å². The summed E-state index contributed by atoms with van der Waals surface area (Å²) in [6, 6.07) is 9.71. The van der Waals surface area contributed by atoms with Gasteiger partial charge in [0.2, 0.25) is 0 Å². The van der Waals surface area contributed by atoms with Gasteiger partial charge in [0.15, 0.2) is 5.82 Å². The Morgan fingerprint density at radius 1 is 0.886 bits per heavy atom. The molecule has 0 unspecified atom stereocenters. The molecule has 11 nitrogen and oxygen atoms in total. The van der Waals surface area contributed by atoms with Gasteiger partial charge in [-0.05, 0) is 121 Å². The van der Waals surface area contributed by atoms with Crippen LogP contribution in [-0.4, -0.2) is 33.5 Å². The first-order valence-corrected chi connectivity index (χ1v) is 14.8. The molecule has 44 heavy (non-hydrogen) atoms. The highest BCUT2D eigenvalue weighted by molar-refractivity contribution is 5.70. The number of aromatic nitrogens is 2. The largest absolute Gasteiger partial charge is 0.444 e. The molecule has 0 bridgehead atoms. The van der Waals surface area contributed by atoms with E-state index >= 15 is 0 Å². The van der Waals surface area contributed by atoms with Crippen molar-refractivity contribution in [2.45, 2.75) is 104 Å². The van der Waals surface area contributed by atoms with Crippen molar-refractivity contribution in [2.24, 2.45) is 0 Å². The Kier molecular flexibility index (Phi) is 9.23. The SMILES string of the molecule is Cc1c(-c2noc(=O)[nH]2)ccc2c1CC[C@@H]2NC(=O)OC(C)(C)C.Cc1c(C#N)ccc2c1CC[C@@H]2NC(=O)OC(C)(C)C. The van der Waals surface area contributed by atoms with Gasteiger partial charge in [-0.1, -0.05) is 23.4 Å². The molecular weight excluding hydrogens is 562 g/mol. The second-order valence-corrected chi connectivity index (χ2v) is 13.1. The summed E-state index contributed by atoms with van der Waals surface area (Å²) in [7, 11) is 0. The van der Waals surface area contributed by atoms with E-state index < -0.39 is 29.1 Å². The first-order chi connectivity index (χ1) is 20.6. The van der Waals surface area contributed by atoms with E-state index in [-0.39, 0.29) is 12.1 Å². The summed E-state index contributed by atoms with van der Waals surface area (Å²) in [6.45, 7) is 15.0. The fourth-order valence-corrected chi connectivity index (χ4v) is 5.68. The van der Waals surface area contributed by atoms with Crippen LogP contribution in [0.3, 0.4) is 0 Å². The van der Waals surface area contributed by atoms with E-state index in [1.807, 2.05) is 79.7 Å². The maximum Gasteiger partial charge on any atom is 0.439 e. The van der Waals surface area contributed by atoms with Crippen LogP contribution in [0.2, 0.25) is 0 Å². The molecular formula is C33H41N5O6. The van der Waals surface area contributed by atoms with Gasteiger partial charge in [0.05, 0.1) is 23.7 Å². The van der Waals surface area contributed by atoms with Crippen molar-refractivity contribution < 1.29 is 23.6 Å². The normalized spacial score (nSPS) is 17.0. The Bertz CT molecular complexity index is 1650. The zero-order chi connectivity index (χ0) is 32.4. The minimum Gasteiger partial charge on any atom is -0.444 e. The Morgan fingerprint density at radius 2 is 1.39 bits per heavy atom. The number of H-pyrrole nitrogens is 1. The highest BCUT2D eigenvalue weighted by atomic mass is 16.6. The van der Waals surface area contributed by atoms with Crippen molar-refractivity contribution >= 4 is 12.2 Å². The zero-order valence-corrected chi connectivity index (χ0v) is 26.6. The molecule has 2 aliphatic carbocycles. The second kappa shape index (κ2) is 12.6. The number of hydrogen-bond donors (Lipinski definition) is 3. The minimum absolute atomic E-state index is 0.0220. The molecule has 234 valence electrons. The molecule has 3 aromatic rings. The lowest BCUT2D eigenvalue weighted by Crippen LogP contribution is -2.34. The van der Waals surface area contributed by atoms with Crippen molar-refractivity contribution in [3.05, 3.63) is 73.8 Å². The van der Waals surface area contributed by atoms with Crippen LogP contribution in [0, 0.1) is 25.2 Å². The molecule has 5 rings (SSSR count). The first kappa shape index (κ1) is 32.3. The molecule has 0 aliphatic heterocycles. The van der Waals surface area contributed by atoms with E-state index in [1.54, 1.807) is 0 Å². The Balaban J connectivity index is 0.000000204. The highest BCUT2D eigenvalue weighted by Crippen LogP contribution is 2.37. The van der Waals surface area contributed by atoms with Crippen LogP contribution < -0.4 is 16.4 Å². The molecule has 11 heteroatoms. The summed E-state index contributed by atoms with van der Waals surface area (Å²) in [6.07, 6.45) is 2.59. The molecule has 3 N–H and O–H groups in total. The number of aromatic amines is 1. The van der Waals surface area contributed by atoms with Crippen LogP contribution in [0.25, 0.3) is 11.4 Å². The minimum atomic E-state index is -0.575. The number of carbonyl (C=O) groups excluding carboxylic acids is 2. The van der Waals surface area contributed by atoms with Crippen molar-refractivity contribution in [3.63, 3.8) is 0 Å². The first-order valence-electron chi connectivity index (χ1n) is 14.8. The maximum atomic E-state index is 12.0. The quantitative estimate of drug-likeness (QED) is 0.318. The lowest BCUT2D eigenvalue weighted by molar-refractivity contribution is 0.0492. The monoisotopic (exact) mass is 603 g/mol. The van der Waals surface area contributed by atoms with Crippen molar-refractivity contribution in [1.29, 1.82) is 5.26 Å². The van der Waals surface area contributed by atoms with Crippen LogP contribution in [0.15, 0.2) is 33.6 Å². The summed E-state index contributed by atoms with van der Waals surface area (Å²) >= 11 is 0. The number of rotatable bonds is 3. The smallest absolute Gasteiger partial charge is 0.439 e. The van der Waals surface area contributed by atoms with Gasteiger partial charge < -0.3 is 20.1 Å². The number of amides is 2. The molecule has 2 amide bonds. The number of fused-ring (bicyclic) bond motifs is 2. The number of alkyl carbamates (subject to hydrolysis) is 2. The number of nitriles is 1. The van der Waals surface area contributed by atoms with Gasteiger partial charge in [-0.15, -0.1) is 0 Å². The topological polar surface area (TPSA) is 159 Å². The summed E-state index contributed by atoms with van der Waals surface area (Å²) in [5.74, 6) is -0.154. The van der Waals surface area contributed by atoms with E-state index in [0.717, 1.165) is 59.1 Å². The van der Waals surface area contributed by atoms with Crippen LogP contribution in [-0.2, 0) is 22.3 Å². The lowest BCUT2D eigenvalue weighted by atomic mass is 9.97. The molecule has 0 saturated heterocycles. The standard InChI is InChI=1S/C17H21N3O4.C16H20N2O2/c1-9-10-7-8-13(18-15(21)23-17(2,3)4)12(10)6-5-11(9)14-19-16(22)24-20-14;1-10-11(9-17)5-6-13-12(10)7-8-14(13)18-15(19)20-16(2,3)4/h5-6,13H,7-8H2,1-4H3,(H,18,21)(H,19,20,22);5-6,14H,7-8H2,1-4H3,(H,18,19)/t13-;14-/m00/s1. The zero-order valence-electron chi connectivity index (χ0n) is 26.6. The van der Waals surface area contributed by atoms with Gasteiger partial charge in [0, 0.05) is 5.56 Å². The maximum absolute atomic E-state index is 12.0. The molecule has 0 fully saturated rings. The van der Waals surface area contributed by atoms with Gasteiger partial charge in [-0.3, -0.25) is 9.51 Å². The van der Waals surface area contributed by atoms with Crippen LogP contribution >= 0.6 is 0 Å². The molecule has 1 heterocycles. The van der Waals surface area contributed by atoms with E-state index in [1.165, 1.54) is 5.56 Å². The number of nitrogens with one attached hydrogen (secondary N) is 3. The lowest BCUT2D eigenvalue weighted by Gasteiger charge is -2.22. The van der Waals surface area contributed by atoms with Gasteiger partial charge in [0.1, 0.15) is 11.2 Å². The number of nitrogens with zero attached hydrogens (tertiary/aromatic N) is 2. The average Bonchev–Trinajstić information content (AvgIpc) is 3.62. The highest BCUT2D eigenvalue weighted by Gasteiger charge is 2.29. The number of carbonyl (C=O) groups is 2. The third-order valence-electron chi connectivity index (χ3n) is 7.58. The number of benzene rings is 2. The van der Waals surface area contributed by atoms with E-state index in [4.69, 9.17) is 14.7 Å². The predicted molar refractivity (Wildman–Crippen MR) is 164 cm³/mol. The van der Waals surface area contributed by atoms with Gasteiger partial charge >= 0.3 is 17.9 Å². The molecule has 1 aromatic heterocycles. The summed E-state index contributed by atoms with van der Waals surface area (Å²) in [5.41, 5.74) is 7.11. The molecule has 2 aliphatic rings. The van der Waals surface area contributed by atoms with Gasteiger partial charge in [0.25, 0.3) is 0 Å². The fraction of sp³-hybridized carbons (Fsp3) is 0.485. The predicted octanol–water partition coefficient (Wildman–Crippen LogP) is 6.23. The van der Waals surface area contributed by atoms with Crippen molar-refractivity contribution in [3.8, 4) is 17.5 Å².